The third-order valence-electron chi connectivity index (χ3n) is 4.24. The number of hydrogen-bond donors (Lipinski definition) is 2. The number of rotatable bonds is 6. The van der Waals surface area contributed by atoms with E-state index in [0.29, 0.717) is 30.4 Å². The molecule has 0 bridgehead atoms. The van der Waals surface area contributed by atoms with Crippen LogP contribution in [0.1, 0.15) is 38.7 Å². The van der Waals surface area contributed by atoms with Gasteiger partial charge in [0, 0.05) is 33.2 Å². The van der Waals surface area contributed by atoms with Gasteiger partial charge in [0.2, 0.25) is 10.0 Å². The molecule has 1 fully saturated rings. The van der Waals surface area contributed by atoms with Crippen molar-refractivity contribution in [3.8, 4) is 0 Å². The lowest BCUT2D eigenvalue weighted by molar-refractivity contribution is 0.346. The second-order valence-corrected chi connectivity index (χ2v) is 8.75. The maximum Gasteiger partial charge on any atom is 0.243 e. The molecule has 7 heteroatoms. The topological polar surface area (TPSA) is 73.8 Å². The lowest BCUT2D eigenvalue weighted by Crippen LogP contribution is -2.38. The Labute approximate surface area is 151 Å². The predicted molar refractivity (Wildman–Crippen MR) is 102 cm³/mol. The zero-order valence-corrected chi connectivity index (χ0v) is 16.3. The van der Waals surface area contributed by atoms with Gasteiger partial charge < -0.3 is 10.6 Å². The molecule has 2 N–H and O–H groups in total. The number of guanidine groups is 1. The third kappa shape index (κ3) is 5.71. The zero-order valence-electron chi connectivity index (χ0n) is 15.5. The van der Waals surface area contributed by atoms with Gasteiger partial charge in [0.1, 0.15) is 0 Å². The van der Waals surface area contributed by atoms with Crippen molar-refractivity contribution in [2.75, 3.05) is 26.7 Å². The van der Waals surface area contributed by atoms with Crippen LogP contribution < -0.4 is 10.6 Å². The van der Waals surface area contributed by atoms with Crippen molar-refractivity contribution in [2.45, 2.75) is 44.6 Å². The highest BCUT2D eigenvalue weighted by atomic mass is 32.2. The van der Waals surface area contributed by atoms with Crippen molar-refractivity contribution in [3.63, 3.8) is 0 Å². The Morgan fingerprint density at radius 3 is 2.32 bits per heavy atom. The lowest BCUT2D eigenvalue weighted by Gasteiger charge is -2.25. The molecular weight excluding hydrogens is 336 g/mol. The highest BCUT2D eigenvalue weighted by Crippen LogP contribution is 2.20. The number of aliphatic imine (C=N–C) groups is 1. The maximum atomic E-state index is 12.6. The molecule has 1 aromatic carbocycles. The van der Waals surface area contributed by atoms with Crippen molar-refractivity contribution in [2.24, 2.45) is 10.9 Å². The fraction of sp³-hybridized carbons (Fsp3) is 0.611. The number of sulfonamides is 1. The van der Waals surface area contributed by atoms with Crippen LogP contribution in [-0.2, 0) is 16.6 Å². The van der Waals surface area contributed by atoms with Crippen LogP contribution in [0.4, 0.5) is 0 Å². The summed E-state index contributed by atoms with van der Waals surface area (Å²) < 4.78 is 26.9. The molecule has 1 aliphatic heterocycles. The van der Waals surface area contributed by atoms with E-state index in [2.05, 4.69) is 29.5 Å². The van der Waals surface area contributed by atoms with Crippen LogP contribution in [-0.4, -0.2) is 45.4 Å². The summed E-state index contributed by atoms with van der Waals surface area (Å²) in [5, 5.41) is 6.50. The summed E-state index contributed by atoms with van der Waals surface area (Å²) in [6.45, 7) is 6.99. The number of piperidine rings is 1. The lowest BCUT2D eigenvalue weighted by atomic mass is 10.2. The summed E-state index contributed by atoms with van der Waals surface area (Å²) in [5.74, 6) is 1.29. The molecule has 1 aliphatic rings. The summed E-state index contributed by atoms with van der Waals surface area (Å²) in [4.78, 5) is 4.56. The molecule has 0 aliphatic carbocycles. The Bertz CT molecular complexity index is 663. The van der Waals surface area contributed by atoms with E-state index in [-0.39, 0.29) is 0 Å². The van der Waals surface area contributed by atoms with Gasteiger partial charge in [-0.3, -0.25) is 4.99 Å². The van der Waals surface area contributed by atoms with E-state index < -0.39 is 10.0 Å². The fourth-order valence-electron chi connectivity index (χ4n) is 2.74. The van der Waals surface area contributed by atoms with E-state index in [1.54, 1.807) is 23.5 Å². The van der Waals surface area contributed by atoms with E-state index >= 15 is 0 Å². The molecule has 0 aromatic heterocycles. The molecule has 0 amide bonds. The average molecular weight is 367 g/mol. The first-order valence-electron chi connectivity index (χ1n) is 8.97. The van der Waals surface area contributed by atoms with Gasteiger partial charge >= 0.3 is 0 Å². The molecule has 1 saturated heterocycles. The van der Waals surface area contributed by atoms with E-state index in [4.69, 9.17) is 0 Å². The predicted octanol–water partition coefficient (Wildman–Crippen LogP) is 2.18. The number of benzene rings is 1. The number of hydrogen-bond acceptors (Lipinski definition) is 3. The molecular formula is C18H30N4O2S. The molecule has 0 radical (unpaired) electrons. The quantitative estimate of drug-likeness (QED) is 0.598. The van der Waals surface area contributed by atoms with Crippen molar-refractivity contribution in [3.05, 3.63) is 29.8 Å². The summed E-state index contributed by atoms with van der Waals surface area (Å²) in [6, 6.07) is 7.12. The third-order valence-corrected chi connectivity index (χ3v) is 6.15. The normalized spacial score (nSPS) is 16.9. The number of nitrogens with zero attached hydrogens (tertiary/aromatic N) is 2. The second kappa shape index (κ2) is 9.20. The fourth-order valence-corrected chi connectivity index (χ4v) is 4.26. The minimum atomic E-state index is -3.36. The summed E-state index contributed by atoms with van der Waals surface area (Å²) >= 11 is 0. The summed E-state index contributed by atoms with van der Waals surface area (Å²) in [5.41, 5.74) is 1.02. The van der Waals surface area contributed by atoms with Crippen molar-refractivity contribution < 1.29 is 8.42 Å². The van der Waals surface area contributed by atoms with Gasteiger partial charge in [-0.15, -0.1) is 0 Å². The van der Waals surface area contributed by atoms with Crippen molar-refractivity contribution >= 4 is 16.0 Å². The van der Waals surface area contributed by atoms with Crippen LogP contribution in [0.25, 0.3) is 0 Å². The van der Waals surface area contributed by atoms with E-state index in [9.17, 15) is 8.42 Å². The monoisotopic (exact) mass is 366 g/mol. The van der Waals surface area contributed by atoms with Gasteiger partial charge in [0.05, 0.1) is 4.90 Å². The Morgan fingerprint density at radius 1 is 1.12 bits per heavy atom. The first-order valence-corrected chi connectivity index (χ1v) is 10.4. The molecule has 1 aromatic rings. The van der Waals surface area contributed by atoms with Crippen LogP contribution in [0.15, 0.2) is 34.2 Å². The molecule has 0 saturated carbocycles. The first kappa shape index (κ1) is 19.7. The van der Waals surface area contributed by atoms with Gasteiger partial charge in [0.25, 0.3) is 0 Å². The Balaban J connectivity index is 1.95. The molecule has 0 atom stereocenters. The van der Waals surface area contributed by atoms with E-state index in [1.807, 2.05) is 12.1 Å². The standard InChI is InChI=1S/C18H30N4O2S/c1-15(2)13-20-18(19-3)21-14-16-7-9-17(10-8-16)25(23,24)22-11-5-4-6-12-22/h7-10,15H,4-6,11-14H2,1-3H3,(H2,19,20,21). The van der Waals surface area contributed by atoms with E-state index in [1.165, 1.54) is 0 Å². The highest BCUT2D eigenvalue weighted by Gasteiger charge is 2.25. The largest absolute Gasteiger partial charge is 0.356 e. The van der Waals surface area contributed by atoms with Gasteiger partial charge in [-0.25, -0.2) is 8.42 Å². The molecule has 0 unspecified atom stereocenters. The van der Waals surface area contributed by atoms with Crippen LogP contribution in [0, 0.1) is 5.92 Å². The molecule has 0 spiro atoms. The Morgan fingerprint density at radius 2 is 1.76 bits per heavy atom. The zero-order chi connectivity index (χ0) is 18.3. The highest BCUT2D eigenvalue weighted by molar-refractivity contribution is 7.89. The van der Waals surface area contributed by atoms with Crippen LogP contribution in [0.5, 0.6) is 0 Å². The minimum Gasteiger partial charge on any atom is -0.356 e. The summed E-state index contributed by atoms with van der Waals surface area (Å²) in [7, 11) is -1.62. The van der Waals surface area contributed by atoms with Gasteiger partial charge in [-0.05, 0) is 36.5 Å². The molecule has 25 heavy (non-hydrogen) atoms. The smallest absolute Gasteiger partial charge is 0.243 e. The van der Waals surface area contributed by atoms with Crippen molar-refractivity contribution in [1.29, 1.82) is 0 Å². The minimum absolute atomic E-state index is 0.375. The first-order chi connectivity index (χ1) is 11.9. The second-order valence-electron chi connectivity index (χ2n) is 6.81. The Kier molecular flexibility index (Phi) is 7.25. The van der Waals surface area contributed by atoms with Gasteiger partial charge in [-0.1, -0.05) is 32.4 Å². The Hall–Kier alpha value is -1.60. The van der Waals surface area contributed by atoms with Gasteiger partial charge in [-0.2, -0.15) is 4.31 Å². The average Bonchev–Trinajstić information content (AvgIpc) is 2.63. The SMILES string of the molecule is CN=C(NCc1ccc(S(=O)(=O)N2CCCCC2)cc1)NCC(C)C. The van der Waals surface area contributed by atoms with Crippen LogP contribution in [0.2, 0.25) is 0 Å². The van der Waals surface area contributed by atoms with Crippen LogP contribution in [0.3, 0.4) is 0 Å². The number of nitrogens with one attached hydrogen (secondary N) is 2. The van der Waals surface area contributed by atoms with Gasteiger partial charge in [0.15, 0.2) is 5.96 Å². The molecule has 2 rings (SSSR count). The summed E-state index contributed by atoms with van der Waals surface area (Å²) in [6.07, 6.45) is 3.01. The molecule has 1 heterocycles. The van der Waals surface area contributed by atoms with Crippen molar-refractivity contribution in [1.82, 2.24) is 14.9 Å². The molecule has 6 nitrogen and oxygen atoms in total. The molecule has 140 valence electrons. The maximum absolute atomic E-state index is 12.6. The van der Waals surface area contributed by atoms with E-state index in [0.717, 1.165) is 37.3 Å². The van der Waals surface area contributed by atoms with Crippen LogP contribution >= 0.6 is 0 Å².